The standard InChI is InChI=1S/C21H27NO3S/c1-5-25-19-11-10-16(12-17(19)14-24-13-15(2)3)21(23)22-18-8-6-7-9-20(18)26-4/h6-12,15H,5,13-14H2,1-4H3,(H,22,23). The lowest BCUT2D eigenvalue weighted by atomic mass is 10.1. The van der Waals surface area contributed by atoms with Crippen LogP contribution in [-0.2, 0) is 11.3 Å². The summed E-state index contributed by atoms with van der Waals surface area (Å²) in [6, 6.07) is 13.2. The molecule has 0 bridgehead atoms. The first-order valence-electron chi connectivity index (χ1n) is 8.83. The summed E-state index contributed by atoms with van der Waals surface area (Å²) in [5, 5.41) is 2.99. The SMILES string of the molecule is CCOc1ccc(C(=O)Nc2ccccc2SC)cc1COCC(C)C. The first kappa shape index (κ1) is 20.3. The van der Waals surface area contributed by atoms with Gasteiger partial charge in [0, 0.05) is 22.6 Å². The average Bonchev–Trinajstić information content (AvgIpc) is 2.63. The van der Waals surface area contributed by atoms with E-state index in [0.29, 0.717) is 31.3 Å². The number of para-hydroxylation sites is 1. The average molecular weight is 374 g/mol. The molecule has 2 aromatic rings. The van der Waals surface area contributed by atoms with E-state index in [1.807, 2.05) is 49.6 Å². The highest BCUT2D eigenvalue weighted by molar-refractivity contribution is 7.98. The normalized spacial score (nSPS) is 10.8. The molecule has 0 spiro atoms. The van der Waals surface area contributed by atoms with E-state index < -0.39 is 0 Å². The second-order valence-corrected chi connectivity index (χ2v) is 7.17. The molecule has 26 heavy (non-hydrogen) atoms. The Labute approximate surface area is 160 Å². The molecule has 4 nitrogen and oxygen atoms in total. The van der Waals surface area contributed by atoms with E-state index in [4.69, 9.17) is 9.47 Å². The molecule has 0 saturated heterocycles. The highest BCUT2D eigenvalue weighted by Gasteiger charge is 2.13. The van der Waals surface area contributed by atoms with Crippen molar-refractivity contribution in [3.8, 4) is 5.75 Å². The van der Waals surface area contributed by atoms with Crippen molar-refractivity contribution in [2.45, 2.75) is 32.3 Å². The maximum atomic E-state index is 12.7. The van der Waals surface area contributed by atoms with Gasteiger partial charge in [0.2, 0.25) is 0 Å². The molecule has 0 saturated carbocycles. The zero-order valence-corrected chi connectivity index (χ0v) is 16.7. The topological polar surface area (TPSA) is 47.6 Å². The molecule has 0 unspecified atom stereocenters. The van der Waals surface area contributed by atoms with Gasteiger partial charge in [-0.05, 0) is 49.4 Å². The Balaban J connectivity index is 2.18. The predicted molar refractivity (Wildman–Crippen MR) is 108 cm³/mol. The minimum atomic E-state index is -0.139. The van der Waals surface area contributed by atoms with Crippen molar-refractivity contribution in [1.29, 1.82) is 0 Å². The lowest BCUT2D eigenvalue weighted by Gasteiger charge is -2.14. The number of amides is 1. The fraction of sp³-hybridized carbons (Fsp3) is 0.381. The molecule has 0 radical (unpaired) electrons. The van der Waals surface area contributed by atoms with Gasteiger partial charge in [-0.2, -0.15) is 0 Å². The van der Waals surface area contributed by atoms with E-state index in [9.17, 15) is 4.79 Å². The van der Waals surface area contributed by atoms with Crippen LogP contribution in [0.3, 0.4) is 0 Å². The zero-order chi connectivity index (χ0) is 18.9. The highest BCUT2D eigenvalue weighted by atomic mass is 32.2. The number of hydrogen-bond donors (Lipinski definition) is 1. The Morgan fingerprint density at radius 1 is 1.19 bits per heavy atom. The lowest BCUT2D eigenvalue weighted by Crippen LogP contribution is -2.13. The number of nitrogens with one attached hydrogen (secondary N) is 1. The van der Waals surface area contributed by atoms with Crippen molar-refractivity contribution in [1.82, 2.24) is 0 Å². The van der Waals surface area contributed by atoms with Gasteiger partial charge in [0.15, 0.2) is 0 Å². The summed E-state index contributed by atoms with van der Waals surface area (Å²) in [6.45, 7) is 7.83. The fourth-order valence-corrected chi connectivity index (χ4v) is 3.03. The molecule has 1 amide bonds. The molecule has 5 heteroatoms. The minimum absolute atomic E-state index is 0.139. The molecule has 0 atom stereocenters. The van der Waals surface area contributed by atoms with Crippen LogP contribution in [0.1, 0.15) is 36.7 Å². The number of hydrogen-bond acceptors (Lipinski definition) is 4. The Morgan fingerprint density at radius 3 is 2.65 bits per heavy atom. The quantitative estimate of drug-likeness (QED) is 0.611. The minimum Gasteiger partial charge on any atom is -0.494 e. The maximum Gasteiger partial charge on any atom is 0.255 e. The molecular formula is C21H27NO3S. The van der Waals surface area contributed by atoms with Gasteiger partial charge in [-0.1, -0.05) is 26.0 Å². The molecule has 1 N–H and O–H groups in total. The van der Waals surface area contributed by atoms with Gasteiger partial charge in [-0.15, -0.1) is 11.8 Å². The Hall–Kier alpha value is -1.98. The third-order valence-corrected chi connectivity index (χ3v) is 4.48. The predicted octanol–water partition coefficient (Wildman–Crippen LogP) is 5.23. The number of thioether (sulfide) groups is 1. The van der Waals surface area contributed by atoms with E-state index in [1.54, 1.807) is 17.8 Å². The van der Waals surface area contributed by atoms with Gasteiger partial charge in [0.05, 0.1) is 18.9 Å². The van der Waals surface area contributed by atoms with Crippen LogP contribution in [0.2, 0.25) is 0 Å². The van der Waals surface area contributed by atoms with Gasteiger partial charge >= 0.3 is 0 Å². The van der Waals surface area contributed by atoms with Gasteiger partial charge in [-0.3, -0.25) is 4.79 Å². The summed E-state index contributed by atoms with van der Waals surface area (Å²) in [5.41, 5.74) is 2.29. The van der Waals surface area contributed by atoms with Crippen molar-refractivity contribution >= 4 is 23.4 Å². The molecule has 2 aromatic carbocycles. The number of benzene rings is 2. The van der Waals surface area contributed by atoms with Crippen molar-refractivity contribution < 1.29 is 14.3 Å². The van der Waals surface area contributed by atoms with Gasteiger partial charge in [0.25, 0.3) is 5.91 Å². The molecule has 0 aliphatic heterocycles. The third-order valence-electron chi connectivity index (χ3n) is 3.69. The van der Waals surface area contributed by atoms with Crippen molar-refractivity contribution in [2.75, 3.05) is 24.8 Å². The summed E-state index contributed by atoms with van der Waals surface area (Å²) in [6.07, 6.45) is 1.99. The van der Waals surface area contributed by atoms with E-state index in [1.165, 1.54) is 0 Å². The van der Waals surface area contributed by atoms with Crippen LogP contribution < -0.4 is 10.1 Å². The van der Waals surface area contributed by atoms with Crippen LogP contribution in [0.15, 0.2) is 47.4 Å². The smallest absolute Gasteiger partial charge is 0.255 e. The molecule has 2 rings (SSSR count). The summed E-state index contributed by atoms with van der Waals surface area (Å²) < 4.78 is 11.4. The first-order chi connectivity index (χ1) is 12.5. The Bertz CT molecular complexity index is 731. The second-order valence-electron chi connectivity index (χ2n) is 6.32. The summed E-state index contributed by atoms with van der Waals surface area (Å²) in [4.78, 5) is 13.7. The van der Waals surface area contributed by atoms with Crippen LogP contribution >= 0.6 is 11.8 Å². The number of ether oxygens (including phenoxy) is 2. The second kappa shape index (κ2) is 10.2. The van der Waals surface area contributed by atoms with Crippen molar-refractivity contribution in [3.63, 3.8) is 0 Å². The molecule has 140 valence electrons. The Kier molecular flexibility index (Phi) is 8.01. The molecule has 0 heterocycles. The van der Waals surface area contributed by atoms with E-state index >= 15 is 0 Å². The number of anilines is 1. The van der Waals surface area contributed by atoms with Crippen LogP contribution in [0.5, 0.6) is 5.75 Å². The Morgan fingerprint density at radius 2 is 1.96 bits per heavy atom. The molecule has 0 aliphatic rings. The van der Waals surface area contributed by atoms with Crippen molar-refractivity contribution in [2.24, 2.45) is 5.92 Å². The largest absolute Gasteiger partial charge is 0.494 e. The molecule has 0 aliphatic carbocycles. The number of carbonyl (C=O) groups is 1. The van der Waals surface area contributed by atoms with Crippen LogP contribution in [0.4, 0.5) is 5.69 Å². The number of carbonyl (C=O) groups excluding carboxylic acids is 1. The molecular weight excluding hydrogens is 346 g/mol. The zero-order valence-electron chi connectivity index (χ0n) is 15.9. The monoisotopic (exact) mass is 373 g/mol. The van der Waals surface area contributed by atoms with E-state index in [0.717, 1.165) is 21.9 Å². The highest BCUT2D eigenvalue weighted by Crippen LogP contribution is 2.26. The van der Waals surface area contributed by atoms with Gasteiger partial charge in [0.1, 0.15) is 5.75 Å². The fourth-order valence-electron chi connectivity index (χ4n) is 2.48. The van der Waals surface area contributed by atoms with Gasteiger partial charge < -0.3 is 14.8 Å². The summed E-state index contributed by atoms with van der Waals surface area (Å²) in [5.74, 6) is 1.08. The third kappa shape index (κ3) is 5.78. The summed E-state index contributed by atoms with van der Waals surface area (Å²) >= 11 is 1.60. The summed E-state index contributed by atoms with van der Waals surface area (Å²) in [7, 11) is 0. The maximum absolute atomic E-state index is 12.7. The molecule has 0 aromatic heterocycles. The van der Waals surface area contributed by atoms with E-state index in [2.05, 4.69) is 19.2 Å². The van der Waals surface area contributed by atoms with Crippen molar-refractivity contribution in [3.05, 3.63) is 53.6 Å². The van der Waals surface area contributed by atoms with Gasteiger partial charge in [-0.25, -0.2) is 0 Å². The number of rotatable bonds is 9. The lowest BCUT2D eigenvalue weighted by molar-refractivity contribution is 0.0948. The van der Waals surface area contributed by atoms with Crippen LogP contribution in [-0.4, -0.2) is 25.4 Å². The molecule has 0 fully saturated rings. The first-order valence-corrected chi connectivity index (χ1v) is 10.1. The van der Waals surface area contributed by atoms with E-state index in [-0.39, 0.29) is 5.91 Å². The van der Waals surface area contributed by atoms with Crippen LogP contribution in [0, 0.1) is 5.92 Å². The van der Waals surface area contributed by atoms with Crippen LogP contribution in [0.25, 0.3) is 0 Å².